The molecule has 1 aromatic heterocycles. The summed E-state index contributed by atoms with van der Waals surface area (Å²) in [6.45, 7) is 10.5. The number of nitrogens with zero attached hydrogens (tertiary/aromatic N) is 4. The predicted octanol–water partition coefficient (Wildman–Crippen LogP) is 0.557. The largest absolute Gasteiger partial charge is 0.353 e. The molecule has 0 aromatic carbocycles. The van der Waals surface area contributed by atoms with E-state index in [2.05, 4.69) is 15.3 Å². The second-order valence-electron chi connectivity index (χ2n) is 8.13. The van der Waals surface area contributed by atoms with Gasteiger partial charge < -0.3 is 10.2 Å². The molecule has 7 nitrogen and oxygen atoms in total. The molecule has 0 bridgehead atoms. The van der Waals surface area contributed by atoms with Crippen LogP contribution in [0.25, 0.3) is 0 Å². The van der Waals surface area contributed by atoms with E-state index >= 15 is 0 Å². The second kappa shape index (κ2) is 6.44. The smallest absolute Gasteiger partial charge is 0.244 e. The Hall–Kier alpha value is -1.89. The Bertz CT molecular complexity index is 675. The molecule has 25 heavy (non-hydrogen) atoms. The molecule has 1 unspecified atom stereocenters. The molecule has 138 valence electrons. The van der Waals surface area contributed by atoms with Gasteiger partial charge in [-0.1, -0.05) is 0 Å². The molecule has 1 aromatic rings. The number of likely N-dealkylation sites (N-methyl/N-ethyl adjacent to an activating group) is 1. The van der Waals surface area contributed by atoms with Crippen LogP contribution < -0.4 is 5.32 Å². The van der Waals surface area contributed by atoms with Crippen LogP contribution in [-0.4, -0.2) is 70.2 Å². The average molecular weight is 347 g/mol. The molecule has 1 atom stereocenters. The van der Waals surface area contributed by atoms with E-state index in [1.165, 1.54) is 0 Å². The first-order chi connectivity index (χ1) is 11.7. The van der Waals surface area contributed by atoms with E-state index in [0.717, 1.165) is 37.4 Å². The third-order valence-corrected chi connectivity index (χ3v) is 5.27. The topological polar surface area (TPSA) is 70.5 Å². The number of aromatic nitrogens is 2. The Morgan fingerprint density at radius 3 is 2.56 bits per heavy atom. The van der Waals surface area contributed by atoms with Gasteiger partial charge in [-0.3, -0.25) is 19.2 Å². The van der Waals surface area contributed by atoms with Crippen molar-refractivity contribution in [2.45, 2.75) is 52.7 Å². The van der Waals surface area contributed by atoms with Gasteiger partial charge in [-0.2, -0.15) is 5.10 Å². The molecule has 3 rings (SSSR count). The lowest BCUT2D eigenvalue weighted by molar-refractivity contribution is -0.143. The third kappa shape index (κ3) is 3.56. The van der Waals surface area contributed by atoms with Gasteiger partial charge in [0, 0.05) is 36.8 Å². The summed E-state index contributed by atoms with van der Waals surface area (Å²) in [6.07, 6.45) is 0.825. The number of hydrogen-bond donors (Lipinski definition) is 1. The summed E-state index contributed by atoms with van der Waals surface area (Å²) in [6, 6.07) is 2.04. The maximum absolute atomic E-state index is 12.5. The van der Waals surface area contributed by atoms with Crippen LogP contribution in [0.5, 0.6) is 0 Å². The summed E-state index contributed by atoms with van der Waals surface area (Å²) in [5.41, 5.74) is 2.01. The zero-order valence-electron chi connectivity index (χ0n) is 15.9. The average Bonchev–Trinajstić information content (AvgIpc) is 2.96. The molecule has 2 fully saturated rings. The molecule has 2 aliphatic rings. The zero-order valence-corrected chi connectivity index (χ0v) is 15.9. The Labute approximate surface area is 149 Å². The SMILES string of the molecule is Cc1cc(C)n(CC(=O)N2CC3(CC(C(=O)NC(C)C)N(C)C3)C2)n1. The molecule has 1 N–H and O–H groups in total. The lowest BCUT2D eigenvalue weighted by Crippen LogP contribution is -2.60. The summed E-state index contributed by atoms with van der Waals surface area (Å²) >= 11 is 0. The summed E-state index contributed by atoms with van der Waals surface area (Å²) in [7, 11) is 2.00. The van der Waals surface area contributed by atoms with Gasteiger partial charge in [0.05, 0.1) is 11.7 Å². The predicted molar refractivity (Wildman–Crippen MR) is 95.0 cm³/mol. The van der Waals surface area contributed by atoms with Gasteiger partial charge in [0.25, 0.3) is 0 Å². The Morgan fingerprint density at radius 1 is 1.32 bits per heavy atom. The van der Waals surface area contributed by atoms with Gasteiger partial charge in [0.2, 0.25) is 11.8 Å². The quantitative estimate of drug-likeness (QED) is 0.864. The van der Waals surface area contributed by atoms with Crippen LogP contribution >= 0.6 is 0 Å². The first-order valence-electron chi connectivity index (χ1n) is 8.98. The van der Waals surface area contributed by atoms with Crippen LogP contribution in [0.1, 0.15) is 31.7 Å². The first kappa shape index (κ1) is 17.9. The highest BCUT2D eigenvalue weighted by Gasteiger charge is 2.53. The second-order valence-corrected chi connectivity index (χ2v) is 8.13. The minimum atomic E-state index is -0.0874. The molecule has 7 heteroatoms. The van der Waals surface area contributed by atoms with Crippen molar-refractivity contribution in [1.29, 1.82) is 0 Å². The van der Waals surface area contributed by atoms with Crippen LogP contribution in [0, 0.1) is 19.3 Å². The molecule has 1 spiro atoms. The van der Waals surface area contributed by atoms with E-state index in [4.69, 9.17) is 0 Å². The van der Waals surface area contributed by atoms with Crippen molar-refractivity contribution < 1.29 is 9.59 Å². The number of carbonyl (C=O) groups excluding carboxylic acids is 2. The third-order valence-electron chi connectivity index (χ3n) is 5.27. The van der Waals surface area contributed by atoms with E-state index in [-0.39, 0.29) is 29.3 Å². The minimum Gasteiger partial charge on any atom is -0.353 e. The fraction of sp³-hybridized carbons (Fsp3) is 0.722. The normalized spacial score (nSPS) is 22.5. The van der Waals surface area contributed by atoms with Crippen LogP contribution in [0.3, 0.4) is 0 Å². The van der Waals surface area contributed by atoms with Gasteiger partial charge in [0.1, 0.15) is 6.54 Å². The molecular formula is C18H29N5O2. The molecule has 2 aliphatic heterocycles. The maximum atomic E-state index is 12.5. The number of nitrogens with one attached hydrogen (secondary N) is 1. The molecule has 2 saturated heterocycles. The van der Waals surface area contributed by atoms with Crippen LogP contribution in [0.15, 0.2) is 6.07 Å². The highest BCUT2D eigenvalue weighted by atomic mass is 16.2. The maximum Gasteiger partial charge on any atom is 0.244 e. The van der Waals surface area contributed by atoms with E-state index < -0.39 is 0 Å². The van der Waals surface area contributed by atoms with Gasteiger partial charge in [-0.25, -0.2) is 0 Å². The van der Waals surface area contributed by atoms with Crippen molar-refractivity contribution in [3.63, 3.8) is 0 Å². The zero-order chi connectivity index (χ0) is 18.4. The number of aryl methyl sites for hydroxylation is 2. The molecule has 3 heterocycles. The van der Waals surface area contributed by atoms with Crippen LogP contribution in [-0.2, 0) is 16.1 Å². The van der Waals surface area contributed by atoms with Crippen molar-refractivity contribution in [2.75, 3.05) is 26.7 Å². The monoisotopic (exact) mass is 347 g/mol. The van der Waals surface area contributed by atoms with Crippen molar-refractivity contribution in [3.8, 4) is 0 Å². The number of rotatable bonds is 4. The van der Waals surface area contributed by atoms with Gasteiger partial charge in [-0.15, -0.1) is 0 Å². The summed E-state index contributed by atoms with van der Waals surface area (Å²) in [5.74, 6) is 0.205. The van der Waals surface area contributed by atoms with E-state index in [1.807, 2.05) is 45.7 Å². The lowest BCUT2D eigenvalue weighted by atomic mass is 9.77. The molecule has 0 radical (unpaired) electrons. The summed E-state index contributed by atoms with van der Waals surface area (Å²) < 4.78 is 1.77. The Balaban J connectivity index is 1.55. The standard InChI is InChI=1S/C18H29N5O2/c1-12(2)19-17(25)15-7-18(9-21(15)5)10-22(11-18)16(24)8-23-14(4)6-13(3)20-23/h6,12,15H,7-11H2,1-5H3,(H,19,25). The van der Waals surface area contributed by atoms with Crippen molar-refractivity contribution >= 4 is 11.8 Å². The fourth-order valence-electron chi connectivity index (χ4n) is 4.18. The number of hydrogen-bond acceptors (Lipinski definition) is 4. The van der Waals surface area contributed by atoms with E-state index in [1.54, 1.807) is 4.68 Å². The number of likely N-dealkylation sites (tertiary alicyclic amines) is 2. The van der Waals surface area contributed by atoms with E-state index in [0.29, 0.717) is 6.54 Å². The highest BCUT2D eigenvalue weighted by Crippen LogP contribution is 2.42. The molecule has 0 saturated carbocycles. The van der Waals surface area contributed by atoms with Crippen LogP contribution in [0.4, 0.5) is 0 Å². The molecule has 2 amide bonds. The molecule has 0 aliphatic carbocycles. The molecular weight excluding hydrogens is 318 g/mol. The van der Waals surface area contributed by atoms with Gasteiger partial charge >= 0.3 is 0 Å². The van der Waals surface area contributed by atoms with Crippen LogP contribution in [0.2, 0.25) is 0 Å². The van der Waals surface area contributed by atoms with Gasteiger partial charge in [0.15, 0.2) is 0 Å². The lowest BCUT2D eigenvalue weighted by Gasteiger charge is -2.48. The Kier molecular flexibility index (Phi) is 4.62. The Morgan fingerprint density at radius 2 is 2.00 bits per heavy atom. The summed E-state index contributed by atoms with van der Waals surface area (Å²) in [5, 5.41) is 7.37. The van der Waals surface area contributed by atoms with Gasteiger partial charge in [-0.05, 0) is 47.2 Å². The van der Waals surface area contributed by atoms with Crippen molar-refractivity contribution in [1.82, 2.24) is 24.9 Å². The fourth-order valence-corrected chi connectivity index (χ4v) is 4.18. The highest BCUT2D eigenvalue weighted by molar-refractivity contribution is 5.83. The number of amides is 2. The van der Waals surface area contributed by atoms with Crippen molar-refractivity contribution in [2.24, 2.45) is 5.41 Å². The number of carbonyl (C=O) groups is 2. The minimum absolute atomic E-state index is 0.0679. The van der Waals surface area contributed by atoms with E-state index in [9.17, 15) is 9.59 Å². The van der Waals surface area contributed by atoms with Crippen molar-refractivity contribution in [3.05, 3.63) is 17.5 Å². The first-order valence-corrected chi connectivity index (χ1v) is 8.98. The summed E-state index contributed by atoms with van der Waals surface area (Å²) in [4.78, 5) is 28.9.